The molecule has 2 nitrogen and oxygen atoms in total. The van der Waals surface area contributed by atoms with Crippen LogP contribution in [0, 0.1) is 0 Å². The van der Waals surface area contributed by atoms with Crippen LogP contribution < -0.4 is 10.1 Å². The van der Waals surface area contributed by atoms with E-state index in [1.165, 1.54) is 17.3 Å². The van der Waals surface area contributed by atoms with Gasteiger partial charge in [0.05, 0.1) is 0 Å². The van der Waals surface area contributed by atoms with Crippen molar-refractivity contribution in [3.8, 4) is 5.75 Å². The number of thioether (sulfide) groups is 1. The van der Waals surface area contributed by atoms with Crippen molar-refractivity contribution in [2.45, 2.75) is 30.5 Å². The standard InChI is InChI=1S/C17H20F3NOS/c1-11-6-12(4-5-16(11)21-2)13-7-14(9-15(8-13)23-3)22-10-17(18,19)20/h4,6-9,16,21H,5,10H2,1-3H3. The van der Waals surface area contributed by atoms with Gasteiger partial charge in [0, 0.05) is 10.9 Å². The highest BCUT2D eigenvalue weighted by atomic mass is 32.2. The Kier molecular flexibility index (Phi) is 5.81. The average molecular weight is 343 g/mol. The Labute approximate surface area is 138 Å². The minimum Gasteiger partial charge on any atom is -0.484 e. The number of hydrogen-bond donors (Lipinski definition) is 1. The first-order chi connectivity index (χ1) is 10.8. The van der Waals surface area contributed by atoms with Crippen LogP contribution in [0.1, 0.15) is 18.9 Å². The van der Waals surface area contributed by atoms with Crippen molar-refractivity contribution < 1.29 is 17.9 Å². The van der Waals surface area contributed by atoms with Gasteiger partial charge in [-0.15, -0.1) is 11.8 Å². The lowest BCUT2D eigenvalue weighted by molar-refractivity contribution is -0.153. The predicted molar refractivity (Wildman–Crippen MR) is 89.0 cm³/mol. The molecule has 0 radical (unpaired) electrons. The number of benzene rings is 1. The lowest BCUT2D eigenvalue weighted by Gasteiger charge is -2.21. The summed E-state index contributed by atoms with van der Waals surface area (Å²) in [6, 6.07) is 5.58. The summed E-state index contributed by atoms with van der Waals surface area (Å²) < 4.78 is 42.0. The van der Waals surface area contributed by atoms with Gasteiger partial charge in [-0.25, -0.2) is 0 Å². The van der Waals surface area contributed by atoms with Crippen LogP contribution in [0.5, 0.6) is 5.75 Å². The Bertz CT molecular complexity index is 623. The number of nitrogens with one attached hydrogen (secondary N) is 1. The van der Waals surface area contributed by atoms with E-state index in [9.17, 15) is 13.2 Å². The average Bonchev–Trinajstić information content (AvgIpc) is 2.51. The molecule has 0 saturated carbocycles. The highest BCUT2D eigenvalue weighted by Crippen LogP contribution is 2.32. The fraction of sp³-hybridized carbons (Fsp3) is 0.412. The molecule has 1 aromatic carbocycles. The summed E-state index contributed by atoms with van der Waals surface area (Å²) >= 11 is 1.48. The maximum Gasteiger partial charge on any atom is 0.422 e. The van der Waals surface area contributed by atoms with E-state index in [0.717, 1.165) is 22.5 Å². The fourth-order valence-corrected chi connectivity index (χ4v) is 2.97. The molecule has 0 aromatic heterocycles. The molecule has 0 aliphatic heterocycles. The lowest BCUT2D eigenvalue weighted by atomic mass is 9.92. The van der Waals surface area contributed by atoms with Crippen LogP contribution in [0.15, 0.2) is 40.8 Å². The number of likely N-dealkylation sites (N-methyl/N-ethyl adjacent to an activating group) is 1. The van der Waals surface area contributed by atoms with Gasteiger partial charge >= 0.3 is 6.18 Å². The van der Waals surface area contributed by atoms with Crippen molar-refractivity contribution in [2.24, 2.45) is 0 Å². The van der Waals surface area contributed by atoms with Crippen LogP contribution in [0.2, 0.25) is 0 Å². The minimum atomic E-state index is -4.34. The Balaban J connectivity index is 2.27. The van der Waals surface area contributed by atoms with Gasteiger partial charge in [-0.3, -0.25) is 0 Å². The van der Waals surface area contributed by atoms with E-state index in [4.69, 9.17) is 4.74 Å². The van der Waals surface area contributed by atoms with Crippen LogP contribution >= 0.6 is 11.8 Å². The van der Waals surface area contributed by atoms with Gasteiger partial charge in [0.25, 0.3) is 0 Å². The van der Waals surface area contributed by atoms with E-state index < -0.39 is 12.8 Å². The molecule has 126 valence electrons. The first kappa shape index (κ1) is 17.9. The second-order valence-electron chi connectivity index (χ2n) is 5.43. The Morgan fingerprint density at radius 2 is 2.04 bits per heavy atom. The highest BCUT2D eigenvalue weighted by Gasteiger charge is 2.28. The van der Waals surface area contributed by atoms with Crippen molar-refractivity contribution >= 4 is 17.3 Å². The summed E-state index contributed by atoms with van der Waals surface area (Å²) in [6.45, 7) is 0.771. The van der Waals surface area contributed by atoms with Crippen molar-refractivity contribution in [3.63, 3.8) is 0 Å². The molecule has 0 amide bonds. The molecule has 1 unspecified atom stereocenters. The number of alkyl halides is 3. The maximum atomic E-state index is 12.4. The van der Waals surface area contributed by atoms with E-state index in [-0.39, 0.29) is 5.75 Å². The Morgan fingerprint density at radius 3 is 2.61 bits per heavy atom. The monoisotopic (exact) mass is 343 g/mol. The summed E-state index contributed by atoms with van der Waals surface area (Å²) in [5.41, 5.74) is 3.10. The molecular weight excluding hydrogens is 323 g/mol. The fourth-order valence-electron chi connectivity index (χ4n) is 2.49. The molecule has 0 spiro atoms. The predicted octanol–water partition coefficient (Wildman–Crippen LogP) is 4.67. The van der Waals surface area contributed by atoms with Gasteiger partial charge in [0.1, 0.15) is 5.75 Å². The van der Waals surface area contributed by atoms with Crippen LogP contribution in [-0.2, 0) is 0 Å². The molecule has 6 heteroatoms. The van der Waals surface area contributed by atoms with Crippen molar-refractivity contribution in [1.82, 2.24) is 5.32 Å². The first-order valence-corrected chi connectivity index (χ1v) is 8.49. The van der Waals surface area contributed by atoms with Gasteiger partial charge in [-0.2, -0.15) is 13.2 Å². The van der Waals surface area contributed by atoms with E-state index >= 15 is 0 Å². The maximum absolute atomic E-state index is 12.4. The Hall–Kier alpha value is -1.40. The smallest absolute Gasteiger partial charge is 0.422 e. The molecule has 0 bridgehead atoms. The zero-order valence-corrected chi connectivity index (χ0v) is 14.1. The van der Waals surface area contributed by atoms with Gasteiger partial charge in [0.2, 0.25) is 0 Å². The molecule has 1 aliphatic carbocycles. The van der Waals surface area contributed by atoms with Gasteiger partial charge in [0.15, 0.2) is 6.61 Å². The van der Waals surface area contributed by atoms with E-state index in [1.54, 1.807) is 12.1 Å². The summed E-state index contributed by atoms with van der Waals surface area (Å²) in [5.74, 6) is 0.242. The normalized spacial score (nSPS) is 18.4. The molecule has 2 rings (SSSR count). The lowest BCUT2D eigenvalue weighted by Crippen LogP contribution is -2.27. The number of rotatable bonds is 5. The molecule has 1 aromatic rings. The topological polar surface area (TPSA) is 21.3 Å². The molecule has 1 N–H and O–H groups in total. The largest absolute Gasteiger partial charge is 0.484 e. The molecular formula is C17H20F3NOS. The van der Waals surface area contributed by atoms with Crippen molar-refractivity contribution in [3.05, 3.63) is 41.5 Å². The summed E-state index contributed by atoms with van der Waals surface area (Å²) in [4.78, 5) is 0.877. The zero-order chi connectivity index (χ0) is 17.0. The first-order valence-electron chi connectivity index (χ1n) is 7.27. The molecule has 23 heavy (non-hydrogen) atoms. The van der Waals surface area contributed by atoms with Crippen LogP contribution in [0.3, 0.4) is 0 Å². The van der Waals surface area contributed by atoms with Crippen LogP contribution in [0.25, 0.3) is 5.57 Å². The third-order valence-corrected chi connectivity index (χ3v) is 4.41. The summed E-state index contributed by atoms with van der Waals surface area (Å²) in [7, 11) is 1.91. The number of allylic oxidation sites excluding steroid dienone is 2. The van der Waals surface area contributed by atoms with E-state index in [0.29, 0.717) is 6.04 Å². The molecule has 0 heterocycles. The highest BCUT2D eigenvalue weighted by molar-refractivity contribution is 7.98. The second kappa shape index (κ2) is 7.45. The number of halogens is 3. The van der Waals surface area contributed by atoms with Gasteiger partial charge in [-0.05, 0) is 56.0 Å². The summed E-state index contributed by atoms with van der Waals surface area (Å²) in [5, 5.41) is 3.23. The molecule has 0 fully saturated rings. The minimum absolute atomic E-state index is 0.242. The third kappa shape index (κ3) is 5.04. The SMILES string of the molecule is CNC1CC=C(c2cc(OCC(F)(F)F)cc(SC)c2)C=C1C. The van der Waals surface area contributed by atoms with Crippen molar-refractivity contribution in [2.75, 3.05) is 19.9 Å². The van der Waals surface area contributed by atoms with Gasteiger partial charge in [-0.1, -0.05) is 17.7 Å². The zero-order valence-electron chi connectivity index (χ0n) is 13.3. The van der Waals surface area contributed by atoms with Crippen LogP contribution in [-0.4, -0.2) is 32.1 Å². The summed E-state index contributed by atoms with van der Waals surface area (Å²) in [6.07, 6.45) is 2.57. The third-order valence-electron chi connectivity index (χ3n) is 3.71. The quantitative estimate of drug-likeness (QED) is 0.785. The molecule has 1 atom stereocenters. The second-order valence-corrected chi connectivity index (χ2v) is 6.31. The van der Waals surface area contributed by atoms with E-state index in [2.05, 4.69) is 17.5 Å². The van der Waals surface area contributed by atoms with Crippen molar-refractivity contribution in [1.29, 1.82) is 0 Å². The number of hydrogen-bond acceptors (Lipinski definition) is 3. The van der Waals surface area contributed by atoms with Crippen LogP contribution in [0.4, 0.5) is 13.2 Å². The Morgan fingerprint density at radius 1 is 1.30 bits per heavy atom. The molecule has 0 saturated heterocycles. The molecule has 1 aliphatic rings. The number of ether oxygens (including phenoxy) is 1. The van der Waals surface area contributed by atoms with E-state index in [1.807, 2.05) is 26.3 Å². The van der Waals surface area contributed by atoms with Gasteiger partial charge < -0.3 is 10.1 Å².